The van der Waals surface area contributed by atoms with Crippen molar-refractivity contribution >= 4 is 0 Å². The molecule has 0 atom stereocenters. The van der Waals surface area contributed by atoms with E-state index in [2.05, 4.69) is 13.8 Å². The Labute approximate surface area is 161 Å². The molecule has 0 saturated heterocycles. The van der Waals surface area contributed by atoms with Crippen molar-refractivity contribution in [3.05, 3.63) is 52.6 Å². The van der Waals surface area contributed by atoms with Crippen molar-refractivity contribution in [2.24, 2.45) is 0 Å². The van der Waals surface area contributed by atoms with E-state index in [1.54, 1.807) is 6.07 Å². The molecule has 0 saturated carbocycles. The Bertz CT molecular complexity index is 782. The molecule has 3 rings (SSSR count). The maximum absolute atomic E-state index is 15.0. The minimum absolute atomic E-state index is 0.0849. The first kappa shape index (κ1) is 19.9. The highest BCUT2D eigenvalue weighted by Crippen LogP contribution is 2.39. The van der Waals surface area contributed by atoms with E-state index >= 15 is 4.39 Å². The lowest BCUT2D eigenvalue weighted by atomic mass is 9.83. The van der Waals surface area contributed by atoms with Gasteiger partial charge in [0.25, 0.3) is 0 Å². The van der Waals surface area contributed by atoms with Crippen molar-refractivity contribution in [1.82, 2.24) is 0 Å². The third-order valence-electron chi connectivity index (χ3n) is 5.50. The largest absolute Gasteiger partial charge is 0.491 e. The van der Waals surface area contributed by atoms with Crippen LogP contribution in [0, 0.1) is 11.6 Å². The van der Waals surface area contributed by atoms with Crippen molar-refractivity contribution in [1.29, 1.82) is 0 Å². The molecule has 0 heterocycles. The van der Waals surface area contributed by atoms with Crippen molar-refractivity contribution < 1.29 is 13.5 Å². The molecule has 0 aliphatic heterocycles. The summed E-state index contributed by atoms with van der Waals surface area (Å²) in [5.74, 6) is -0.0460. The number of benzene rings is 2. The summed E-state index contributed by atoms with van der Waals surface area (Å²) in [6.07, 6.45) is 8.31. The normalized spacial score (nSPS) is 12.6. The minimum atomic E-state index is -0.279. The molecule has 0 unspecified atom stereocenters. The monoisotopic (exact) mass is 372 g/mol. The van der Waals surface area contributed by atoms with Crippen molar-refractivity contribution in [2.45, 2.75) is 71.6 Å². The van der Waals surface area contributed by atoms with Gasteiger partial charge in [-0.05, 0) is 66.0 Å². The second-order valence-corrected chi connectivity index (χ2v) is 7.48. The van der Waals surface area contributed by atoms with Crippen LogP contribution in [0.3, 0.4) is 0 Å². The lowest BCUT2D eigenvalue weighted by Gasteiger charge is -2.23. The van der Waals surface area contributed by atoms with Crippen LogP contribution in [0.15, 0.2) is 24.3 Å². The topological polar surface area (TPSA) is 9.23 Å². The van der Waals surface area contributed by atoms with Crippen LogP contribution in [0.4, 0.5) is 8.78 Å². The van der Waals surface area contributed by atoms with Crippen molar-refractivity contribution in [3.8, 4) is 16.9 Å². The van der Waals surface area contributed by atoms with E-state index in [-0.39, 0.29) is 11.6 Å². The highest BCUT2D eigenvalue weighted by atomic mass is 19.1. The molecule has 1 nitrogen and oxygen atoms in total. The standard InChI is InChI=1S/C24H30F2O/c1-3-5-7-8-9-17-10-11-18-19-14-15-22(27-16-6-4-2)24(26)21(19)13-12-20(18)23(17)25/h10-11,14-15H,3-9,12-13,16H2,1-2H3. The fourth-order valence-electron chi connectivity index (χ4n) is 3.89. The SMILES string of the molecule is CCCCCCc1ccc2c(c1F)CCc1c-2ccc(OCCCC)c1F. The first-order valence-corrected chi connectivity index (χ1v) is 10.4. The predicted molar refractivity (Wildman–Crippen MR) is 107 cm³/mol. The molecule has 1 aliphatic carbocycles. The molecular formula is C24H30F2O. The van der Waals surface area contributed by atoms with E-state index < -0.39 is 0 Å². The molecule has 0 radical (unpaired) electrons. The first-order valence-electron chi connectivity index (χ1n) is 10.4. The smallest absolute Gasteiger partial charge is 0.168 e. The Balaban J connectivity index is 1.84. The van der Waals surface area contributed by atoms with Gasteiger partial charge < -0.3 is 4.74 Å². The average Bonchev–Trinajstić information content (AvgIpc) is 2.68. The molecule has 0 aromatic heterocycles. The Morgan fingerprint density at radius 2 is 1.44 bits per heavy atom. The second kappa shape index (κ2) is 9.34. The van der Waals surface area contributed by atoms with E-state index in [4.69, 9.17) is 4.74 Å². The molecule has 2 aromatic carbocycles. The predicted octanol–water partition coefficient (Wildman–Crippen LogP) is 7.03. The van der Waals surface area contributed by atoms with Gasteiger partial charge in [-0.25, -0.2) is 8.78 Å². The van der Waals surface area contributed by atoms with E-state index in [1.165, 1.54) is 12.8 Å². The average molecular weight is 372 g/mol. The molecule has 0 spiro atoms. The van der Waals surface area contributed by atoms with Crippen LogP contribution in [0.25, 0.3) is 11.1 Å². The number of rotatable bonds is 9. The van der Waals surface area contributed by atoms with E-state index in [1.807, 2.05) is 18.2 Å². The highest BCUT2D eigenvalue weighted by molar-refractivity contribution is 5.74. The van der Waals surface area contributed by atoms with Gasteiger partial charge in [0.15, 0.2) is 11.6 Å². The van der Waals surface area contributed by atoms with Crippen LogP contribution < -0.4 is 4.74 Å². The first-order chi connectivity index (χ1) is 13.2. The highest BCUT2D eigenvalue weighted by Gasteiger charge is 2.24. The van der Waals surface area contributed by atoms with E-state index in [9.17, 15) is 4.39 Å². The summed E-state index contributed by atoms with van der Waals surface area (Å²) in [7, 11) is 0. The summed E-state index contributed by atoms with van der Waals surface area (Å²) in [6, 6.07) is 7.44. The van der Waals surface area contributed by atoms with Gasteiger partial charge in [0.1, 0.15) is 5.82 Å². The molecule has 146 valence electrons. The van der Waals surface area contributed by atoms with Crippen molar-refractivity contribution in [3.63, 3.8) is 0 Å². The van der Waals surface area contributed by atoms with Gasteiger partial charge in [0.2, 0.25) is 0 Å². The van der Waals surface area contributed by atoms with Crippen LogP contribution in [0.1, 0.15) is 69.1 Å². The lowest BCUT2D eigenvalue weighted by Crippen LogP contribution is -2.11. The quantitative estimate of drug-likeness (QED) is 0.429. The Morgan fingerprint density at radius 1 is 0.778 bits per heavy atom. The number of fused-ring (bicyclic) bond motifs is 3. The molecule has 0 amide bonds. The van der Waals surface area contributed by atoms with Crippen LogP contribution in [-0.2, 0) is 19.3 Å². The molecule has 0 bridgehead atoms. The zero-order valence-corrected chi connectivity index (χ0v) is 16.5. The summed E-state index contributed by atoms with van der Waals surface area (Å²) in [5.41, 5.74) is 3.85. The van der Waals surface area contributed by atoms with Gasteiger partial charge in [-0.15, -0.1) is 0 Å². The summed E-state index contributed by atoms with van der Waals surface area (Å²) < 4.78 is 35.5. The van der Waals surface area contributed by atoms with Gasteiger partial charge in [0.05, 0.1) is 6.61 Å². The minimum Gasteiger partial charge on any atom is -0.491 e. The summed E-state index contributed by atoms with van der Waals surface area (Å²) in [4.78, 5) is 0. The Kier molecular flexibility index (Phi) is 6.87. The van der Waals surface area contributed by atoms with Gasteiger partial charge in [-0.3, -0.25) is 0 Å². The summed E-state index contributed by atoms with van der Waals surface area (Å²) in [6.45, 7) is 4.78. The van der Waals surface area contributed by atoms with Gasteiger partial charge in [0, 0.05) is 0 Å². The lowest BCUT2D eigenvalue weighted by molar-refractivity contribution is 0.293. The zero-order chi connectivity index (χ0) is 19.2. The maximum Gasteiger partial charge on any atom is 0.168 e. The van der Waals surface area contributed by atoms with Crippen molar-refractivity contribution in [2.75, 3.05) is 6.61 Å². The fourth-order valence-corrected chi connectivity index (χ4v) is 3.89. The summed E-state index contributed by atoms with van der Waals surface area (Å²) >= 11 is 0. The van der Waals surface area contributed by atoms with Gasteiger partial charge >= 0.3 is 0 Å². The number of aryl methyl sites for hydroxylation is 1. The molecule has 3 heteroatoms. The van der Waals surface area contributed by atoms with Crippen LogP contribution in [0.5, 0.6) is 5.75 Å². The van der Waals surface area contributed by atoms with E-state index in [0.717, 1.165) is 54.4 Å². The molecule has 27 heavy (non-hydrogen) atoms. The second-order valence-electron chi connectivity index (χ2n) is 7.48. The Hall–Kier alpha value is -1.90. The number of hydrogen-bond donors (Lipinski definition) is 0. The van der Waals surface area contributed by atoms with Gasteiger partial charge in [-0.1, -0.05) is 57.7 Å². The molecule has 0 N–H and O–H groups in total. The molecule has 1 aliphatic rings. The zero-order valence-electron chi connectivity index (χ0n) is 16.5. The van der Waals surface area contributed by atoms with Crippen LogP contribution in [-0.4, -0.2) is 6.61 Å². The Morgan fingerprint density at radius 3 is 2.15 bits per heavy atom. The maximum atomic E-state index is 15.0. The molecule has 2 aromatic rings. The number of halogens is 2. The molecular weight excluding hydrogens is 342 g/mol. The van der Waals surface area contributed by atoms with Crippen LogP contribution in [0.2, 0.25) is 0 Å². The van der Waals surface area contributed by atoms with Crippen LogP contribution >= 0.6 is 0 Å². The summed E-state index contributed by atoms with van der Waals surface area (Å²) in [5, 5.41) is 0. The van der Waals surface area contributed by atoms with Gasteiger partial charge in [-0.2, -0.15) is 0 Å². The number of ether oxygens (including phenoxy) is 1. The molecule has 0 fully saturated rings. The van der Waals surface area contributed by atoms with E-state index in [0.29, 0.717) is 30.8 Å². The third kappa shape index (κ3) is 4.34. The number of unbranched alkanes of at least 4 members (excludes halogenated alkanes) is 4. The number of hydrogen-bond acceptors (Lipinski definition) is 1. The fraction of sp³-hybridized carbons (Fsp3) is 0.500. The third-order valence-corrected chi connectivity index (χ3v) is 5.50.